The van der Waals surface area contributed by atoms with Crippen LogP contribution in [0.5, 0.6) is 0 Å². The average molecular weight is 346 g/mol. The SMILES string of the molecule is CCN=CC(=CN=CN)Cc1ncnc(N(C)C(C)CCOC)c1C. The van der Waals surface area contributed by atoms with Gasteiger partial charge in [-0.2, -0.15) is 0 Å². The number of hydrogen-bond donors (Lipinski definition) is 1. The highest BCUT2D eigenvalue weighted by molar-refractivity contribution is 5.79. The molecule has 0 amide bonds. The summed E-state index contributed by atoms with van der Waals surface area (Å²) in [4.78, 5) is 19.4. The first-order valence-electron chi connectivity index (χ1n) is 8.49. The van der Waals surface area contributed by atoms with E-state index < -0.39 is 0 Å². The van der Waals surface area contributed by atoms with Crippen molar-refractivity contribution in [3.8, 4) is 0 Å². The van der Waals surface area contributed by atoms with Gasteiger partial charge in [-0.15, -0.1) is 0 Å². The van der Waals surface area contributed by atoms with Crippen LogP contribution in [0.1, 0.15) is 31.5 Å². The predicted octanol–water partition coefficient (Wildman–Crippen LogP) is 2.15. The van der Waals surface area contributed by atoms with Gasteiger partial charge in [0.15, 0.2) is 0 Å². The van der Waals surface area contributed by atoms with Crippen molar-refractivity contribution >= 4 is 18.4 Å². The maximum Gasteiger partial charge on any atom is 0.135 e. The largest absolute Gasteiger partial charge is 0.390 e. The van der Waals surface area contributed by atoms with E-state index in [-0.39, 0.29) is 0 Å². The van der Waals surface area contributed by atoms with E-state index in [0.717, 1.165) is 42.2 Å². The first-order chi connectivity index (χ1) is 12.0. The summed E-state index contributed by atoms with van der Waals surface area (Å²) in [5.74, 6) is 0.933. The molecule has 138 valence electrons. The Balaban J connectivity index is 3.04. The van der Waals surface area contributed by atoms with Gasteiger partial charge in [0, 0.05) is 57.7 Å². The minimum absolute atomic E-state index is 0.319. The summed E-state index contributed by atoms with van der Waals surface area (Å²) in [5.41, 5.74) is 8.31. The number of nitrogens with zero attached hydrogens (tertiary/aromatic N) is 5. The molecule has 0 fully saturated rings. The molecule has 7 heteroatoms. The first-order valence-corrected chi connectivity index (χ1v) is 8.49. The fraction of sp³-hybridized carbons (Fsp3) is 0.556. The van der Waals surface area contributed by atoms with E-state index in [0.29, 0.717) is 12.5 Å². The molecule has 7 nitrogen and oxygen atoms in total. The zero-order valence-corrected chi connectivity index (χ0v) is 15.9. The normalized spacial score (nSPS) is 13.7. The molecule has 1 heterocycles. The van der Waals surface area contributed by atoms with Crippen LogP contribution in [0.25, 0.3) is 0 Å². The number of hydrogen-bond acceptors (Lipinski definition) is 6. The predicted molar refractivity (Wildman–Crippen MR) is 105 cm³/mol. The molecule has 0 aromatic carbocycles. The monoisotopic (exact) mass is 346 g/mol. The van der Waals surface area contributed by atoms with Crippen LogP contribution in [0, 0.1) is 6.92 Å². The molecule has 1 rings (SSSR count). The van der Waals surface area contributed by atoms with Gasteiger partial charge in [0.1, 0.15) is 12.1 Å². The molecule has 25 heavy (non-hydrogen) atoms. The van der Waals surface area contributed by atoms with Crippen molar-refractivity contribution < 1.29 is 4.74 Å². The van der Waals surface area contributed by atoms with Gasteiger partial charge in [-0.3, -0.25) is 4.99 Å². The third kappa shape index (κ3) is 6.62. The first kappa shape index (κ1) is 20.8. The molecule has 0 aliphatic carbocycles. The van der Waals surface area contributed by atoms with Crippen LogP contribution < -0.4 is 10.6 Å². The van der Waals surface area contributed by atoms with Crippen LogP contribution in [0.3, 0.4) is 0 Å². The second-order valence-corrected chi connectivity index (χ2v) is 5.82. The Morgan fingerprint density at radius 2 is 2.20 bits per heavy atom. The standard InChI is InChI=1S/C18H30N6O/c1-6-20-10-16(11-21-12-19)9-17-15(3)18(23-13-22-17)24(4)14(2)7-8-25-5/h10-14H,6-9H2,1-5H3,(H2,19,21). The number of ether oxygens (including phenoxy) is 1. The fourth-order valence-electron chi connectivity index (χ4n) is 2.37. The molecule has 1 aromatic heterocycles. The van der Waals surface area contributed by atoms with Crippen LogP contribution in [-0.2, 0) is 11.2 Å². The third-order valence-electron chi connectivity index (χ3n) is 4.03. The van der Waals surface area contributed by atoms with Crippen molar-refractivity contribution in [2.24, 2.45) is 15.7 Å². The highest BCUT2D eigenvalue weighted by Gasteiger charge is 2.16. The van der Waals surface area contributed by atoms with E-state index in [9.17, 15) is 0 Å². The van der Waals surface area contributed by atoms with Crippen LogP contribution in [0.2, 0.25) is 0 Å². The molecule has 2 N–H and O–H groups in total. The van der Waals surface area contributed by atoms with Gasteiger partial charge in [-0.05, 0) is 32.8 Å². The van der Waals surface area contributed by atoms with Crippen molar-refractivity contribution in [2.45, 2.75) is 39.7 Å². The molecule has 1 unspecified atom stereocenters. The van der Waals surface area contributed by atoms with E-state index >= 15 is 0 Å². The highest BCUT2D eigenvalue weighted by atomic mass is 16.5. The summed E-state index contributed by atoms with van der Waals surface area (Å²) >= 11 is 0. The van der Waals surface area contributed by atoms with Crippen LogP contribution in [0.4, 0.5) is 5.82 Å². The zero-order chi connectivity index (χ0) is 18.7. The summed E-state index contributed by atoms with van der Waals surface area (Å²) < 4.78 is 5.18. The number of allylic oxidation sites excluding steroid dienone is 1. The van der Waals surface area contributed by atoms with Crippen molar-refractivity contribution in [3.05, 3.63) is 29.4 Å². The van der Waals surface area contributed by atoms with E-state index in [4.69, 9.17) is 10.5 Å². The van der Waals surface area contributed by atoms with Crippen LogP contribution >= 0.6 is 0 Å². The van der Waals surface area contributed by atoms with Crippen LogP contribution in [0.15, 0.2) is 28.1 Å². The van der Waals surface area contributed by atoms with Gasteiger partial charge in [0.2, 0.25) is 0 Å². The molecule has 0 saturated carbocycles. The Kier molecular flexibility index (Phi) is 9.39. The fourth-order valence-corrected chi connectivity index (χ4v) is 2.37. The van der Waals surface area contributed by atoms with Gasteiger partial charge in [-0.25, -0.2) is 15.0 Å². The molecular weight excluding hydrogens is 316 g/mol. The lowest BCUT2D eigenvalue weighted by atomic mass is 10.1. The topological polar surface area (TPSA) is 89.0 Å². The van der Waals surface area contributed by atoms with E-state index in [1.54, 1.807) is 19.6 Å². The summed E-state index contributed by atoms with van der Waals surface area (Å²) in [6, 6.07) is 0.319. The minimum Gasteiger partial charge on any atom is -0.390 e. The number of rotatable bonds is 10. The Morgan fingerprint density at radius 3 is 2.84 bits per heavy atom. The summed E-state index contributed by atoms with van der Waals surface area (Å²) in [5, 5.41) is 0. The molecule has 0 aliphatic rings. The van der Waals surface area contributed by atoms with Crippen molar-refractivity contribution in [2.75, 3.05) is 32.2 Å². The molecular formula is C18H30N6O. The van der Waals surface area contributed by atoms with E-state index in [1.165, 1.54) is 6.34 Å². The number of nitrogens with two attached hydrogens (primary N) is 1. The third-order valence-corrected chi connectivity index (χ3v) is 4.03. The Hall–Kier alpha value is -2.28. The van der Waals surface area contributed by atoms with Crippen molar-refractivity contribution in [1.82, 2.24) is 9.97 Å². The molecule has 0 aliphatic heterocycles. The smallest absolute Gasteiger partial charge is 0.135 e. The molecule has 1 atom stereocenters. The number of aliphatic imine (C=N–C) groups is 2. The lowest BCUT2D eigenvalue weighted by Gasteiger charge is -2.27. The molecule has 0 saturated heterocycles. The maximum atomic E-state index is 5.34. The molecule has 0 bridgehead atoms. The van der Waals surface area contributed by atoms with Gasteiger partial charge in [-0.1, -0.05) is 0 Å². The summed E-state index contributed by atoms with van der Waals surface area (Å²) in [6.07, 6.45) is 7.97. The van der Waals surface area contributed by atoms with Crippen LogP contribution in [-0.4, -0.2) is 55.9 Å². The molecule has 0 spiro atoms. The molecule has 1 aromatic rings. The summed E-state index contributed by atoms with van der Waals surface area (Å²) in [6.45, 7) is 7.64. The lowest BCUT2D eigenvalue weighted by Crippen LogP contribution is -2.31. The number of methoxy groups -OCH3 is 1. The second-order valence-electron chi connectivity index (χ2n) is 5.82. The zero-order valence-electron chi connectivity index (χ0n) is 15.9. The highest BCUT2D eigenvalue weighted by Crippen LogP contribution is 2.22. The maximum absolute atomic E-state index is 5.34. The van der Waals surface area contributed by atoms with Gasteiger partial charge in [0.05, 0.1) is 12.0 Å². The summed E-state index contributed by atoms with van der Waals surface area (Å²) in [7, 11) is 3.77. The Bertz CT molecular complexity index is 612. The number of anilines is 1. The van der Waals surface area contributed by atoms with Crippen molar-refractivity contribution in [1.29, 1.82) is 0 Å². The van der Waals surface area contributed by atoms with Gasteiger partial charge in [0.25, 0.3) is 0 Å². The lowest BCUT2D eigenvalue weighted by molar-refractivity contribution is 0.189. The molecule has 0 radical (unpaired) electrons. The van der Waals surface area contributed by atoms with E-state index in [2.05, 4.69) is 31.8 Å². The second kappa shape index (κ2) is 11.3. The van der Waals surface area contributed by atoms with E-state index in [1.807, 2.05) is 27.1 Å². The minimum atomic E-state index is 0.319. The Morgan fingerprint density at radius 1 is 1.44 bits per heavy atom. The number of aromatic nitrogens is 2. The van der Waals surface area contributed by atoms with Gasteiger partial charge < -0.3 is 15.4 Å². The average Bonchev–Trinajstić information content (AvgIpc) is 2.62. The Labute approximate surface area is 150 Å². The van der Waals surface area contributed by atoms with Crippen molar-refractivity contribution in [3.63, 3.8) is 0 Å². The van der Waals surface area contributed by atoms with Gasteiger partial charge >= 0.3 is 0 Å². The quantitative estimate of drug-likeness (QED) is 0.518.